The van der Waals surface area contributed by atoms with E-state index < -0.39 is 12.1 Å². The van der Waals surface area contributed by atoms with Crippen LogP contribution < -0.4 is 4.74 Å². The summed E-state index contributed by atoms with van der Waals surface area (Å²) in [7, 11) is 1.40. The zero-order valence-corrected chi connectivity index (χ0v) is 14.6. The number of hydrogen-bond donors (Lipinski definition) is 1. The lowest BCUT2D eigenvalue weighted by molar-refractivity contribution is 0.0276. The number of phenols is 1. The van der Waals surface area contributed by atoms with Crippen LogP contribution in [-0.2, 0) is 4.74 Å². The van der Waals surface area contributed by atoms with E-state index in [1.54, 1.807) is 19.1 Å². The van der Waals surface area contributed by atoms with E-state index >= 15 is 0 Å². The molecule has 1 unspecified atom stereocenters. The number of ether oxygens (including phenoxy) is 2. The van der Waals surface area contributed by atoms with Gasteiger partial charge in [0.2, 0.25) is 5.89 Å². The molecule has 1 N–H and O–H groups in total. The van der Waals surface area contributed by atoms with E-state index in [2.05, 4.69) is 10.2 Å². The summed E-state index contributed by atoms with van der Waals surface area (Å²) in [5, 5.41) is 18.0. The van der Waals surface area contributed by atoms with Gasteiger partial charge in [0.25, 0.3) is 5.89 Å². The number of benzene rings is 2. The van der Waals surface area contributed by atoms with Crippen molar-refractivity contribution in [3.8, 4) is 23.0 Å². The van der Waals surface area contributed by atoms with E-state index in [-0.39, 0.29) is 23.0 Å². The summed E-state index contributed by atoms with van der Waals surface area (Å²) in [5.41, 5.74) is 1.89. The molecule has 7 heteroatoms. The van der Waals surface area contributed by atoms with Crippen LogP contribution >= 0.6 is 0 Å². The SMILES string of the molecule is COc1cccc(C(=O)OC(C)c2nnc(-c3ccc(C)cc3)o2)c1O. The van der Waals surface area contributed by atoms with Gasteiger partial charge in [0, 0.05) is 5.56 Å². The number of nitrogens with zero attached hydrogens (tertiary/aromatic N) is 2. The van der Waals surface area contributed by atoms with Crippen LogP contribution in [0, 0.1) is 6.92 Å². The number of carbonyl (C=O) groups excluding carboxylic acids is 1. The van der Waals surface area contributed by atoms with Gasteiger partial charge in [-0.25, -0.2) is 4.79 Å². The smallest absolute Gasteiger partial charge is 0.342 e. The molecule has 1 heterocycles. The van der Waals surface area contributed by atoms with E-state index in [4.69, 9.17) is 13.9 Å². The van der Waals surface area contributed by atoms with Crippen LogP contribution in [0.15, 0.2) is 46.9 Å². The molecular weight excluding hydrogens is 336 g/mol. The number of phenolic OH excluding ortho intramolecular Hbond substituents is 1. The number of aromatic nitrogens is 2. The zero-order chi connectivity index (χ0) is 18.7. The fourth-order valence-corrected chi connectivity index (χ4v) is 2.34. The molecule has 1 atom stereocenters. The summed E-state index contributed by atoms with van der Waals surface area (Å²) in [6, 6.07) is 12.2. The monoisotopic (exact) mass is 354 g/mol. The van der Waals surface area contributed by atoms with Crippen LogP contribution in [0.2, 0.25) is 0 Å². The molecule has 3 rings (SSSR count). The Morgan fingerprint density at radius 2 is 1.88 bits per heavy atom. The second kappa shape index (κ2) is 7.26. The first-order valence-electron chi connectivity index (χ1n) is 7.97. The Hall–Kier alpha value is -3.35. The molecule has 3 aromatic rings. The molecule has 2 aromatic carbocycles. The summed E-state index contributed by atoms with van der Waals surface area (Å²) in [4.78, 5) is 12.3. The van der Waals surface area contributed by atoms with Crippen molar-refractivity contribution in [1.29, 1.82) is 0 Å². The van der Waals surface area contributed by atoms with Gasteiger partial charge in [-0.05, 0) is 38.1 Å². The number of esters is 1. The average Bonchev–Trinajstić information content (AvgIpc) is 3.12. The molecule has 0 fully saturated rings. The van der Waals surface area contributed by atoms with Crippen molar-refractivity contribution in [2.24, 2.45) is 0 Å². The van der Waals surface area contributed by atoms with Crippen molar-refractivity contribution in [2.45, 2.75) is 20.0 Å². The predicted octanol–water partition coefficient (Wildman–Crippen LogP) is 3.68. The van der Waals surface area contributed by atoms with E-state index in [0.29, 0.717) is 5.89 Å². The number of rotatable bonds is 5. The van der Waals surface area contributed by atoms with Crippen molar-refractivity contribution in [3.05, 3.63) is 59.5 Å². The van der Waals surface area contributed by atoms with Gasteiger partial charge in [-0.15, -0.1) is 10.2 Å². The number of para-hydroxylation sites is 1. The topological polar surface area (TPSA) is 94.7 Å². The van der Waals surface area contributed by atoms with Crippen LogP contribution in [0.1, 0.15) is 34.8 Å². The fraction of sp³-hybridized carbons (Fsp3) is 0.211. The second-order valence-electron chi connectivity index (χ2n) is 5.72. The number of carbonyl (C=O) groups is 1. The Bertz CT molecular complexity index is 918. The summed E-state index contributed by atoms with van der Waals surface area (Å²) in [5.74, 6) is -0.308. The number of aryl methyl sites for hydroxylation is 1. The van der Waals surface area contributed by atoms with Crippen LogP contribution in [0.5, 0.6) is 11.5 Å². The Kier molecular flexibility index (Phi) is 4.88. The molecule has 0 radical (unpaired) electrons. The minimum atomic E-state index is -0.778. The van der Waals surface area contributed by atoms with Gasteiger partial charge >= 0.3 is 5.97 Å². The molecule has 0 bridgehead atoms. The molecule has 0 aliphatic rings. The van der Waals surface area contributed by atoms with Gasteiger partial charge in [0.1, 0.15) is 5.56 Å². The quantitative estimate of drug-likeness (QED) is 0.698. The third kappa shape index (κ3) is 3.51. The average molecular weight is 354 g/mol. The van der Waals surface area contributed by atoms with Gasteiger partial charge in [0.15, 0.2) is 17.6 Å². The highest BCUT2D eigenvalue weighted by Gasteiger charge is 2.22. The van der Waals surface area contributed by atoms with Crippen molar-refractivity contribution in [1.82, 2.24) is 10.2 Å². The van der Waals surface area contributed by atoms with Crippen molar-refractivity contribution >= 4 is 5.97 Å². The Morgan fingerprint density at radius 3 is 2.58 bits per heavy atom. The largest absolute Gasteiger partial charge is 0.504 e. The lowest BCUT2D eigenvalue weighted by Crippen LogP contribution is -2.10. The minimum Gasteiger partial charge on any atom is -0.504 e. The zero-order valence-electron chi connectivity index (χ0n) is 14.6. The summed E-state index contributed by atoms with van der Waals surface area (Å²) >= 11 is 0. The molecular formula is C19H18N2O5. The van der Waals surface area contributed by atoms with Crippen molar-refractivity contribution < 1.29 is 23.8 Å². The molecule has 0 saturated heterocycles. The Balaban J connectivity index is 1.75. The highest BCUT2D eigenvalue weighted by molar-refractivity contribution is 5.93. The highest BCUT2D eigenvalue weighted by atomic mass is 16.6. The Labute approximate surface area is 150 Å². The maximum Gasteiger partial charge on any atom is 0.342 e. The van der Waals surface area contributed by atoms with Gasteiger partial charge in [0.05, 0.1) is 7.11 Å². The molecule has 0 aliphatic heterocycles. The van der Waals surface area contributed by atoms with E-state index in [1.165, 1.54) is 13.2 Å². The molecule has 7 nitrogen and oxygen atoms in total. The third-order valence-corrected chi connectivity index (χ3v) is 3.81. The second-order valence-corrected chi connectivity index (χ2v) is 5.72. The lowest BCUT2D eigenvalue weighted by Gasteiger charge is -2.11. The maximum atomic E-state index is 12.3. The fourth-order valence-electron chi connectivity index (χ4n) is 2.34. The van der Waals surface area contributed by atoms with E-state index in [0.717, 1.165) is 11.1 Å². The van der Waals surface area contributed by atoms with Crippen LogP contribution in [0.25, 0.3) is 11.5 Å². The molecule has 0 spiro atoms. The van der Waals surface area contributed by atoms with Crippen LogP contribution in [0.3, 0.4) is 0 Å². The third-order valence-electron chi connectivity index (χ3n) is 3.81. The normalized spacial score (nSPS) is 11.8. The first-order chi connectivity index (χ1) is 12.5. The Morgan fingerprint density at radius 1 is 1.15 bits per heavy atom. The van der Waals surface area contributed by atoms with Crippen molar-refractivity contribution in [3.63, 3.8) is 0 Å². The predicted molar refractivity (Wildman–Crippen MR) is 93.0 cm³/mol. The molecule has 1 aromatic heterocycles. The first-order valence-corrected chi connectivity index (χ1v) is 7.97. The molecule has 0 amide bonds. The molecule has 26 heavy (non-hydrogen) atoms. The van der Waals surface area contributed by atoms with Gasteiger partial charge in [-0.3, -0.25) is 0 Å². The number of methoxy groups -OCH3 is 1. The summed E-state index contributed by atoms with van der Waals surface area (Å²) in [6.45, 7) is 3.60. The van der Waals surface area contributed by atoms with E-state index in [1.807, 2.05) is 31.2 Å². The standard InChI is InChI=1S/C19H18N2O5/c1-11-7-9-13(10-8-11)18-21-20-17(26-18)12(2)25-19(23)14-5-4-6-15(24-3)16(14)22/h4-10,12,22H,1-3H3. The highest BCUT2D eigenvalue weighted by Crippen LogP contribution is 2.31. The summed E-state index contributed by atoms with van der Waals surface area (Å²) < 4.78 is 15.9. The first kappa shape index (κ1) is 17.5. The van der Waals surface area contributed by atoms with Gasteiger partial charge < -0.3 is 19.0 Å². The molecule has 0 saturated carbocycles. The van der Waals surface area contributed by atoms with Crippen LogP contribution in [-0.4, -0.2) is 28.4 Å². The van der Waals surface area contributed by atoms with E-state index in [9.17, 15) is 9.90 Å². The molecule has 0 aliphatic carbocycles. The minimum absolute atomic E-state index is 0.00512. The maximum absolute atomic E-state index is 12.3. The number of hydrogen-bond acceptors (Lipinski definition) is 7. The summed E-state index contributed by atoms with van der Waals surface area (Å²) in [6.07, 6.45) is -0.778. The van der Waals surface area contributed by atoms with Gasteiger partial charge in [-0.2, -0.15) is 0 Å². The van der Waals surface area contributed by atoms with Crippen molar-refractivity contribution in [2.75, 3.05) is 7.11 Å². The number of aromatic hydroxyl groups is 1. The lowest BCUT2D eigenvalue weighted by atomic mass is 10.1. The van der Waals surface area contributed by atoms with Crippen LogP contribution in [0.4, 0.5) is 0 Å². The van der Waals surface area contributed by atoms with Gasteiger partial charge in [-0.1, -0.05) is 23.8 Å². The molecule has 134 valence electrons.